The second kappa shape index (κ2) is 7.10. The zero-order valence-electron chi connectivity index (χ0n) is 12.9. The molecule has 6 nitrogen and oxygen atoms in total. The normalized spacial score (nSPS) is 10.4. The predicted octanol–water partition coefficient (Wildman–Crippen LogP) is 2.62. The number of hydrogen-bond donors (Lipinski definition) is 1. The zero-order valence-corrected chi connectivity index (χ0v) is 13.7. The Kier molecular flexibility index (Phi) is 4.72. The molecule has 7 heteroatoms. The maximum Gasteiger partial charge on any atom is 0.267 e. The topological polar surface area (TPSA) is 73.2 Å². The Balaban J connectivity index is 1.73. The third kappa shape index (κ3) is 3.69. The quantitative estimate of drug-likeness (QED) is 0.774. The van der Waals surface area contributed by atoms with E-state index in [1.807, 2.05) is 17.5 Å². The molecule has 0 fully saturated rings. The highest BCUT2D eigenvalue weighted by Crippen LogP contribution is 2.21. The Morgan fingerprint density at radius 2 is 2.00 bits per heavy atom. The molecule has 0 bridgehead atoms. The number of rotatable bonds is 5. The standard InChI is InChI=1S/C17H15N3O3S/c1-23-13-6-4-12(5-7-13)18-16(21)11-20-17(22)9-8-14(19-20)15-3-2-10-24-15/h2-10H,11H2,1H3,(H,18,21). The number of nitrogens with zero attached hydrogens (tertiary/aromatic N) is 2. The second-order valence-electron chi connectivity index (χ2n) is 4.97. The van der Waals surface area contributed by atoms with E-state index in [0.717, 1.165) is 9.56 Å². The number of methoxy groups -OCH3 is 1. The summed E-state index contributed by atoms with van der Waals surface area (Å²) in [5.41, 5.74) is 0.977. The molecule has 0 aliphatic carbocycles. The number of carbonyl (C=O) groups is 1. The lowest BCUT2D eigenvalue weighted by atomic mass is 10.3. The van der Waals surface area contributed by atoms with Crippen LogP contribution in [0.3, 0.4) is 0 Å². The summed E-state index contributed by atoms with van der Waals surface area (Å²) in [5, 5.41) is 8.92. The van der Waals surface area contributed by atoms with Crippen molar-refractivity contribution in [2.75, 3.05) is 12.4 Å². The van der Waals surface area contributed by atoms with Crippen LogP contribution in [0.1, 0.15) is 0 Å². The minimum Gasteiger partial charge on any atom is -0.497 e. The Bertz CT molecular complexity index is 886. The first kappa shape index (κ1) is 15.9. The molecule has 0 radical (unpaired) electrons. The van der Waals surface area contributed by atoms with Gasteiger partial charge in [-0.3, -0.25) is 9.59 Å². The third-order valence-electron chi connectivity index (χ3n) is 3.31. The van der Waals surface area contributed by atoms with Crippen LogP contribution in [0.4, 0.5) is 5.69 Å². The summed E-state index contributed by atoms with van der Waals surface area (Å²) in [6, 6.07) is 13.9. The number of aromatic nitrogens is 2. The number of carbonyl (C=O) groups excluding carboxylic acids is 1. The van der Waals surface area contributed by atoms with Crippen LogP contribution in [0.5, 0.6) is 5.75 Å². The Hall–Kier alpha value is -2.93. The summed E-state index contributed by atoms with van der Waals surface area (Å²) >= 11 is 1.53. The van der Waals surface area contributed by atoms with Crippen molar-refractivity contribution in [1.82, 2.24) is 9.78 Å². The minimum absolute atomic E-state index is 0.149. The van der Waals surface area contributed by atoms with Gasteiger partial charge in [-0.25, -0.2) is 4.68 Å². The number of ether oxygens (including phenoxy) is 1. The van der Waals surface area contributed by atoms with Gasteiger partial charge in [0.2, 0.25) is 5.91 Å². The molecule has 0 aliphatic rings. The summed E-state index contributed by atoms with van der Waals surface area (Å²) in [4.78, 5) is 25.0. The summed E-state index contributed by atoms with van der Waals surface area (Å²) in [5.74, 6) is 0.382. The fourth-order valence-corrected chi connectivity index (χ4v) is 2.82. The largest absolute Gasteiger partial charge is 0.497 e. The highest BCUT2D eigenvalue weighted by Gasteiger charge is 2.09. The maximum absolute atomic E-state index is 12.1. The number of amides is 1. The molecule has 2 heterocycles. The van der Waals surface area contributed by atoms with Gasteiger partial charge in [0, 0.05) is 11.8 Å². The number of nitrogens with one attached hydrogen (secondary N) is 1. The van der Waals surface area contributed by atoms with E-state index in [9.17, 15) is 9.59 Å². The summed E-state index contributed by atoms with van der Waals surface area (Å²) in [6.07, 6.45) is 0. The highest BCUT2D eigenvalue weighted by molar-refractivity contribution is 7.13. The van der Waals surface area contributed by atoms with Crippen molar-refractivity contribution in [2.24, 2.45) is 0 Å². The Morgan fingerprint density at radius 1 is 1.21 bits per heavy atom. The first-order valence-corrected chi connectivity index (χ1v) is 8.09. The molecule has 122 valence electrons. The van der Waals surface area contributed by atoms with E-state index in [-0.39, 0.29) is 18.0 Å². The van der Waals surface area contributed by atoms with Gasteiger partial charge >= 0.3 is 0 Å². The van der Waals surface area contributed by atoms with Gasteiger partial charge in [-0.1, -0.05) is 6.07 Å². The fourth-order valence-electron chi connectivity index (χ4n) is 2.13. The van der Waals surface area contributed by atoms with E-state index in [1.54, 1.807) is 37.4 Å². The molecule has 0 saturated heterocycles. The van der Waals surface area contributed by atoms with Gasteiger partial charge in [-0.2, -0.15) is 5.10 Å². The van der Waals surface area contributed by atoms with Gasteiger partial charge in [-0.15, -0.1) is 11.3 Å². The van der Waals surface area contributed by atoms with Gasteiger partial charge in [-0.05, 0) is 41.8 Å². The lowest BCUT2D eigenvalue weighted by Crippen LogP contribution is -2.29. The van der Waals surface area contributed by atoms with Gasteiger partial charge in [0.15, 0.2) is 0 Å². The molecule has 1 aromatic carbocycles. The molecular weight excluding hydrogens is 326 g/mol. The van der Waals surface area contributed by atoms with Gasteiger partial charge in [0.1, 0.15) is 18.0 Å². The van der Waals surface area contributed by atoms with Crippen LogP contribution in [-0.4, -0.2) is 22.8 Å². The third-order valence-corrected chi connectivity index (χ3v) is 4.20. The highest BCUT2D eigenvalue weighted by atomic mass is 32.1. The average Bonchev–Trinajstić information content (AvgIpc) is 3.12. The first-order valence-electron chi connectivity index (χ1n) is 7.21. The van der Waals surface area contributed by atoms with Crippen molar-refractivity contribution < 1.29 is 9.53 Å². The molecule has 2 aromatic heterocycles. The second-order valence-corrected chi connectivity index (χ2v) is 5.92. The lowest BCUT2D eigenvalue weighted by molar-refractivity contribution is -0.117. The molecular formula is C17H15N3O3S. The molecule has 1 amide bonds. The first-order chi connectivity index (χ1) is 11.7. The molecule has 0 aliphatic heterocycles. The van der Waals surface area contributed by atoms with Crippen LogP contribution in [-0.2, 0) is 11.3 Å². The molecule has 0 spiro atoms. The number of anilines is 1. The van der Waals surface area contributed by atoms with Gasteiger partial charge in [0.25, 0.3) is 5.56 Å². The number of thiophene rings is 1. The van der Waals surface area contributed by atoms with Crippen molar-refractivity contribution in [2.45, 2.75) is 6.54 Å². The molecule has 0 saturated carbocycles. The average molecular weight is 341 g/mol. The fraction of sp³-hybridized carbons (Fsp3) is 0.118. The van der Waals surface area contributed by atoms with Crippen LogP contribution in [0, 0.1) is 0 Å². The van der Waals surface area contributed by atoms with E-state index >= 15 is 0 Å². The SMILES string of the molecule is COc1ccc(NC(=O)Cn2nc(-c3cccs3)ccc2=O)cc1. The van der Waals surface area contributed by atoms with Crippen LogP contribution < -0.4 is 15.6 Å². The van der Waals surface area contributed by atoms with Crippen LogP contribution in [0.15, 0.2) is 58.7 Å². The Morgan fingerprint density at radius 3 is 2.67 bits per heavy atom. The van der Waals surface area contributed by atoms with Crippen LogP contribution >= 0.6 is 11.3 Å². The smallest absolute Gasteiger partial charge is 0.267 e. The summed E-state index contributed by atoms with van der Waals surface area (Å²) in [6.45, 7) is -0.149. The van der Waals surface area contributed by atoms with Crippen molar-refractivity contribution in [1.29, 1.82) is 0 Å². The van der Waals surface area contributed by atoms with Crippen molar-refractivity contribution in [3.8, 4) is 16.3 Å². The minimum atomic E-state index is -0.321. The molecule has 3 rings (SSSR count). The molecule has 24 heavy (non-hydrogen) atoms. The van der Waals surface area contributed by atoms with E-state index in [2.05, 4.69) is 10.4 Å². The number of hydrogen-bond acceptors (Lipinski definition) is 5. The molecule has 3 aromatic rings. The molecule has 0 atom stereocenters. The summed E-state index contributed by atoms with van der Waals surface area (Å²) < 4.78 is 6.23. The van der Waals surface area contributed by atoms with Crippen molar-refractivity contribution in [3.05, 3.63) is 64.3 Å². The van der Waals surface area contributed by atoms with Crippen LogP contribution in [0.2, 0.25) is 0 Å². The molecule has 0 unspecified atom stereocenters. The number of benzene rings is 1. The van der Waals surface area contributed by atoms with Gasteiger partial charge < -0.3 is 10.1 Å². The molecule has 1 N–H and O–H groups in total. The maximum atomic E-state index is 12.1. The van der Waals surface area contributed by atoms with Crippen LogP contribution in [0.25, 0.3) is 10.6 Å². The summed E-state index contributed by atoms with van der Waals surface area (Å²) in [7, 11) is 1.58. The van der Waals surface area contributed by atoms with Crippen molar-refractivity contribution in [3.63, 3.8) is 0 Å². The van der Waals surface area contributed by atoms with E-state index in [0.29, 0.717) is 17.1 Å². The predicted molar refractivity (Wildman–Crippen MR) is 93.4 cm³/mol. The van der Waals surface area contributed by atoms with Crippen molar-refractivity contribution >= 4 is 22.9 Å². The van der Waals surface area contributed by atoms with E-state index in [1.165, 1.54) is 17.4 Å². The monoisotopic (exact) mass is 341 g/mol. The Labute approximate surface area is 142 Å². The van der Waals surface area contributed by atoms with E-state index < -0.39 is 0 Å². The zero-order chi connectivity index (χ0) is 16.9. The van der Waals surface area contributed by atoms with Gasteiger partial charge in [0.05, 0.1) is 12.0 Å². The lowest BCUT2D eigenvalue weighted by Gasteiger charge is -2.08. The van der Waals surface area contributed by atoms with E-state index in [4.69, 9.17) is 4.74 Å².